The van der Waals surface area contributed by atoms with Crippen molar-refractivity contribution in [2.24, 2.45) is 5.10 Å². The lowest BCUT2D eigenvalue weighted by molar-refractivity contribution is -0.140. The average molecular weight is 379 g/mol. The van der Waals surface area contributed by atoms with Crippen LogP contribution in [-0.4, -0.2) is 11.2 Å². The Hall–Kier alpha value is -2.74. The molecule has 1 aromatic heterocycles. The molecule has 8 heteroatoms. The highest BCUT2D eigenvalue weighted by atomic mass is 32.1. The van der Waals surface area contributed by atoms with E-state index in [1.165, 1.54) is 24.3 Å². The lowest BCUT2D eigenvalue weighted by Gasteiger charge is -2.10. The number of halogens is 4. The van der Waals surface area contributed by atoms with Gasteiger partial charge in [-0.05, 0) is 24.6 Å². The molecule has 2 aromatic carbocycles. The maximum atomic E-state index is 14.0. The van der Waals surface area contributed by atoms with Crippen LogP contribution in [-0.2, 0) is 6.18 Å². The summed E-state index contributed by atoms with van der Waals surface area (Å²) in [5.41, 5.74) is 3.03. The number of alkyl halides is 3. The summed E-state index contributed by atoms with van der Waals surface area (Å²) in [5, 5.41) is 6.08. The summed E-state index contributed by atoms with van der Waals surface area (Å²) in [6.45, 7) is 1.46. The van der Waals surface area contributed by atoms with Crippen molar-refractivity contribution in [1.82, 2.24) is 4.98 Å². The molecule has 0 aliphatic rings. The van der Waals surface area contributed by atoms with Gasteiger partial charge in [-0.3, -0.25) is 5.43 Å². The first kappa shape index (κ1) is 18.1. The van der Waals surface area contributed by atoms with E-state index in [1.807, 2.05) is 35.7 Å². The predicted octanol–water partition coefficient (Wildman–Crippen LogP) is 5.72. The Bertz CT molecular complexity index is 933. The van der Waals surface area contributed by atoms with Crippen LogP contribution >= 0.6 is 11.3 Å². The van der Waals surface area contributed by atoms with Crippen molar-refractivity contribution in [3.8, 4) is 11.3 Å². The third-order valence-corrected chi connectivity index (χ3v) is 4.24. The van der Waals surface area contributed by atoms with Crippen molar-refractivity contribution >= 4 is 22.7 Å². The molecule has 0 spiro atoms. The summed E-state index contributed by atoms with van der Waals surface area (Å²) < 4.78 is 52.6. The van der Waals surface area contributed by atoms with Gasteiger partial charge in [0.25, 0.3) is 0 Å². The van der Waals surface area contributed by atoms with Gasteiger partial charge in [0.05, 0.1) is 17.5 Å². The van der Waals surface area contributed by atoms with Crippen LogP contribution in [0.4, 0.5) is 22.7 Å². The maximum Gasteiger partial charge on any atom is 0.419 e. The largest absolute Gasteiger partial charge is 0.419 e. The number of nitrogens with zero attached hydrogens (tertiary/aromatic N) is 2. The van der Waals surface area contributed by atoms with E-state index in [0.29, 0.717) is 10.7 Å². The molecule has 0 saturated heterocycles. The normalized spacial score (nSPS) is 11.9. The molecule has 0 amide bonds. The third kappa shape index (κ3) is 4.08. The van der Waals surface area contributed by atoms with E-state index >= 15 is 0 Å². The maximum absolute atomic E-state index is 14.0. The first-order chi connectivity index (χ1) is 12.3. The Kier molecular flexibility index (Phi) is 5.03. The second-order valence-electron chi connectivity index (χ2n) is 5.49. The van der Waals surface area contributed by atoms with Crippen molar-refractivity contribution < 1.29 is 17.6 Å². The number of thiazole rings is 1. The number of benzene rings is 2. The van der Waals surface area contributed by atoms with Crippen molar-refractivity contribution in [3.05, 3.63) is 70.4 Å². The predicted molar refractivity (Wildman–Crippen MR) is 94.9 cm³/mol. The first-order valence-electron chi connectivity index (χ1n) is 7.52. The minimum atomic E-state index is -4.76. The summed E-state index contributed by atoms with van der Waals surface area (Å²) in [6, 6.07) is 11.5. The molecule has 0 aliphatic heterocycles. The number of rotatable bonds is 4. The molecule has 0 unspecified atom stereocenters. The first-order valence-corrected chi connectivity index (χ1v) is 8.40. The van der Waals surface area contributed by atoms with Gasteiger partial charge in [0, 0.05) is 16.5 Å². The van der Waals surface area contributed by atoms with Gasteiger partial charge in [0.15, 0.2) is 0 Å². The molecule has 0 atom stereocenters. The van der Waals surface area contributed by atoms with Crippen LogP contribution in [0.3, 0.4) is 0 Å². The van der Waals surface area contributed by atoms with E-state index in [4.69, 9.17) is 0 Å². The standard InChI is InChI=1S/C18H13F4N3S/c1-11-7-13(16(19)14(8-11)18(20,21)22)9-23-25-17-24-15(10-26-17)12-5-3-2-4-6-12/h2-10H,1H3,(H,24,25). The van der Waals surface area contributed by atoms with Crippen LogP contribution in [0.15, 0.2) is 52.9 Å². The summed E-state index contributed by atoms with van der Waals surface area (Å²) in [4.78, 5) is 4.33. The topological polar surface area (TPSA) is 37.3 Å². The fraction of sp³-hybridized carbons (Fsp3) is 0.111. The SMILES string of the molecule is Cc1cc(C=NNc2nc(-c3ccccc3)cs2)c(F)c(C(F)(F)F)c1. The minimum absolute atomic E-state index is 0.246. The van der Waals surface area contributed by atoms with Crippen molar-refractivity contribution in [2.45, 2.75) is 13.1 Å². The number of hydrogen-bond acceptors (Lipinski definition) is 4. The number of anilines is 1. The van der Waals surface area contributed by atoms with E-state index < -0.39 is 17.6 Å². The molecule has 26 heavy (non-hydrogen) atoms. The van der Waals surface area contributed by atoms with E-state index in [-0.39, 0.29) is 5.56 Å². The summed E-state index contributed by atoms with van der Waals surface area (Å²) in [6.07, 6.45) is -3.74. The van der Waals surface area contributed by atoms with Crippen molar-refractivity contribution in [2.75, 3.05) is 5.43 Å². The lowest BCUT2D eigenvalue weighted by Crippen LogP contribution is -2.10. The van der Waals surface area contributed by atoms with Crippen LogP contribution in [0.2, 0.25) is 0 Å². The van der Waals surface area contributed by atoms with E-state index in [9.17, 15) is 17.6 Å². The summed E-state index contributed by atoms with van der Waals surface area (Å²) in [5.74, 6) is -1.35. The second kappa shape index (κ2) is 7.25. The molecule has 3 rings (SSSR count). The highest BCUT2D eigenvalue weighted by molar-refractivity contribution is 7.14. The van der Waals surface area contributed by atoms with E-state index in [1.54, 1.807) is 0 Å². The van der Waals surface area contributed by atoms with Gasteiger partial charge in [0.2, 0.25) is 5.13 Å². The molecule has 1 N–H and O–H groups in total. The quantitative estimate of drug-likeness (QED) is 0.357. The Balaban J connectivity index is 1.78. The van der Waals surface area contributed by atoms with Gasteiger partial charge in [-0.1, -0.05) is 30.3 Å². The van der Waals surface area contributed by atoms with Gasteiger partial charge in [-0.15, -0.1) is 11.3 Å². The van der Waals surface area contributed by atoms with Gasteiger partial charge < -0.3 is 0 Å². The van der Waals surface area contributed by atoms with Crippen LogP contribution in [0.1, 0.15) is 16.7 Å². The molecular weight excluding hydrogens is 366 g/mol. The highest BCUT2D eigenvalue weighted by Crippen LogP contribution is 2.33. The second-order valence-corrected chi connectivity index (χ2v) is 6.35. The average Bonchev–Trinajstić information content (AvgIpc) is 3.06. The van der Waals surface area contributed by atoms with Crippen LogP contribution in [0, 0.1) is 12.7 Å². The van der Waals surface area contributed by atoms with Gasteiger partial charge in [0.1, 0.15) is 5.82 Å². The highest BCUT2D eigenvalue weighted by Gasteiger charge is 2.35. The third-order valence-electron chi connectivity index (χ3n) is 3.49. The number of nitrogens with one attached hydrogen (secondary N) is 1. The molecule has 1 heterocycles. The number of hydrogen-bond donors (Lipinski definition) is 1. The van der Waals surface area contributed by atoms with Gasteiger partial charge in [-0.2, -0.15) is 18.3 Å². The molecule has 0 radical (unpaired) electrons. The van der Waals surface area contributed by atoms with Gasteiger partial charge in [-0.25, -0.2) is 9.37 Å². The molecular formula is C18H13F4N3S. The van der Waals surface area contributed by atoms with E-state index in [2.05, 4.69) is 15.5 Å². The summed E-state index contributed by atoms with van der Waals surface area (Å²) >= 11 is 1.28. The molecule has 0 saturated carbocycles. The molecule has 3 aromatic rings. The molecule has 0 bridgehead atoms. The number of aryl methyl sites for hydroxylation is 1. The van der Waals surface area contributed by atoms with Crippen LogP contribution < -0.4 is 5.43 Å². The Morgan fingerprint density at radius 3 is 2.58 bits per heavy atom. The van der Waals surface area contributed by atoms with Crippen LogP contribution in [0.25, 0.3) is 11.3 Å². The van der Waals surface area contributed by atoms with E-state index in [0.717, 1.165) is 23.5 Å². The molecule has 3 nitrogen and oxygen atoms in total. The fourth-order valence-corrected chi connectivity index (χ4v) is 2.99. The van der Waals surface area contributed by atoms with Crippen molar-refractivity contribution in [3.63, 3.8) is 0 Å². The smallest absolute Gasteiger partial charge is 0.253 e. The molecule has 0 aliphatic carbocycles. The van der Waals surface area contributed by atoms with Gasteiger partial charge >= 0.3 is 6.18 Å². The Labute approximate surface area is 151 Å². The van der Waals surface area contributed by atoms with Crippen molar-refractivity contribution in [1.29, 1.82) is 0 Å². The minimum Gasteiger partial charge on any atom is -0.253 e. The molecule has 0 fully saturated rings. The number of aromatic nitrogens is 1. The monoisotopic (exact) mass is 379 g/mol. The Morgan fingerprint density at radius 2 is 1.88 bits per heavy atom. The summed E-state index contributed by atoms with van der Waals surface area (Å²) in [7, 11) is 0. The Morgan fingerprint density at radius 1 is 1.15 bits per heavy atom. The zero-order valence-corrected chi connectivity index (χ0v) is 14.3. The lowest BCUT2D eigenvalue weighted by atomic mass is 10.1. The molecule has 134 valence electrons. The zero-order valence-electron chi connectivity index (χ0n) is 13.5. The van der Waals surface area contributed by atoms with Crippen LogP contribution in [0.5, 0.6) is 0 Å². The zero-order chi connectivity index (χ0) is 18.7. The fourth-order valence-electron chi connectivity index (χ4n) is 2.32. The number of hydrazone groups is 1.